The molecule has 0 spiro atoms. The summed E-state index contributed by atoms with van der Waals surface area (Å²) in [4.78, 5) is 0.203. The highest BCUT2D eigenvalue weighted by Gasteiger charge is 2.14. The maximum absolute atomic E-state index is 11.5. The van der Waals surface area contributed by atoms with Crippen molar-refractivity contribution in [3.8, 4) is 5.69 Å². The Morgan fingerprint density at radius 3 is 2.37 bits per heavy atom. The molecule has 1 aromatic heterocycles. The van der Waals surface area contributed by atoms with Crippen molar-refractivity contribution in [1.82, 2.24) is 9.78 Å². The van der Waals surface area contributed by atoms with Crippen molar-refractivity contribution in [2.24, 2.45) is 0 Å². The van der Waals surface area contributed by atoms with Gasteiger partial charge in [0.25, 0.3) is 0 Å². The van der Waals surface area contributed by atoms with E-state index in [1.807, 2.05) is 13.8 Å². The van der Waals surface area contributed by atoms with Gasteiger partial charge in [-0.3, -0.25) is 0 Å². The second-order valence-corrected chi connectivity index (χ2v) is 7.20. The van der Waals surface area contributed by atoms with E-state index in [4.69, 9.17) is 5.73 Å². The summed E-state index contributed by atoms with van der Waals surface area (Å²) in [7, 11) is -3.26. The number of aryl methyl sites for hydroxylation is 1. The molecule has 0 bridgehead atoms. The fourth-order valence-corrected chi connectivity index (χ4v) is 2.72. The lowest BCUT2D eigenvalue weighted by Crippen LogP contribution is -2.05. The van der Waals surface area contributed by atoms with Crippen molar-refractivity contribution in [3.63, 3.8) is 0 Å². The number of anilines is 1. The SMILES string of the molecule is Cc1nn(-c2ccc(S(C)(=O)=O)cc2N)c(C)c1Br. The summed E-state index contributed by atoms with van der Waals surface area (Å²) >= 11 is 3.45. The number of aromatic nitrogens is 2. The molecule has 1 aromatic carbocycles. The van der Waals surface area contributed by atoms with Crippen LogP contribution in [-0.2, 0) is 9.84 Å². The molecule has 0 atom stereocenters. The van der Waals surface area contributed by atoms with Crippen LogP contribution >= 0.6 is 15.9 Å². The Balaban J connectivity index is 2.62. The zero-order chi connectivity index (χ0) is 14.4. The van der Waals surface area contributed by atoms with E-state index >= 15 is 0 Å². The Kier molecular flexibility index (Phi) is 3.44. The average molecular weight is 344 g/mol. The fourth-order valence-electron chi connectivity index (χ4n) is 1.81. The molecule has 0 saturated heterocycles. The molecule has 0 unspecified atom stereocenters. The first-order chi connectivity index (χ1) is 8.71. The van der Waals surface area contributed by atoms with Crippen LogP contribution < -0.4 is 5.73 Å². The number of nitrogen functional groups attached to an aromatic ring is 1. The van der Waals surface area contributed by atoms with Crippen molar-refractivity contribution < 1.29 is 8.42 Å². The Hall–Kier alpha value is -1.34. The second kappa shape index (κ2) is 4.64. The highest BCUT2D eigenvalue weighted by atomic mass is 79.9. The molecule has 0 saturated carbocycles. The van der Waals surface area contributed by atoms with E-state index in [2.05, 4.69) is 21.0 Å². The summed E-state index contributed by atoms with van der Waals surface area (Å²) in [5, 5.41) is 4.37. The van der Waals surface area contributed by atoms with Crippen LogP contribution in [0.3, 0.4) is 0 Å². The largest absolute Gasteiger partial charge is 0.397 e. The number of nitrogens with zero attached hydrogens (tertiary/aromatic N) is 2. The fraction of sp³-hybridized carbons (Fsp3) is 0.250. The molecular weight excluding hydrogens is 330 g/mol. The highest BCUT2D eigenvalue weighted by Crippen LogP contribution is 2.27. The number of rotatable bonds is 2. The zero-order valence-corrected chi connectivity index (χ0v) is 13.2. The van der Waals surface area contributed by atoms with Crippen molar-refractivity contribution in [2.45, 2.75) is 18.7 Å². The molecule has 0 amide bonds. The van der Waals surface area contributed by atoms with Crippen LogP contribution in [-0.4, -0.2) is 24.5 Å². The molecular formula is C12H14BrN3O2S. The van der Waals surface area contributed by atoms with Gasteiger partial charge >= 0.3 is 0 Å². The number of sulfone groups is 1. The van der Waals surface area contributed by atoms with Gasteiger partial charge in [-0.05, 0) is 48.0 Å². The molecule has 0 aliphatic carbocycles. The molecule has 19 heavy (non-hydrogen) atoms. The third-order valence-electron chi connectivity index (χ3n) is 2.86. The number of hydrogen-bond acceptors (Lipinski definition) is 4. The van der Waals surface area contributed by atoms with E-state index in [1.165, 1.54) is 12.1 Å². The summed E-state index contributed by atoms with van der Waals surface area (Å²) < 4.78 is 25.6. The van der Waals surface area contributed by atoms with Gasteiger partial charge in [-0.2, -0.15) is 5.10 Å². The summed E-state index contributed by atoms with van der Waals surface area (Å²) in [6.07, 6.45) is 1.15. The molecule has 0 fully saturated rings. The quantitative estimate of drug-likeness (QED) is 0.848. The van der Waals surface area contributed by atoms with E-state index in [0.717, 1.165) is 22.1 Å². The lowest BCUT2D eigenvalue weighted by molar-refractivity contribution is 0.602. The maximum atomic E-state index is 11.5. The van der Waals surface area contributed by atoms with Gasteiger partial charge in [0.05, 0.1) is 32.1 Å². The zero-order valence-electron chi connectivity index (χ0n) is 10.8. The van der Waals surface area contributed by atoms with Gasteiger partial charge in [0.1, 0.15) is 0 Å². The molecule has 5 nitrogen and oxygen atoms in total. The van der Waals surface area contributed by atoms with E-state index < -0.39 is 9.84 Å². The van der Waals surface area contributed by atoms with Crippen LogP contribution in [0.1, 0.15) is 11.4 Å². The topological polar surface area (TPSA) is 78.0 Å². The van der Waals surface area contributed by atoms with Gasteiger partial charge in [-0.25, -0.2) is 13.1 Å². The molecule has 2 rings (SSSR count). The molecule has 0 aliphatic rings. The third kappa shape index (κ3) is 2.52. The number of halogens is 1. The first kappa shape index (κ1) is 14.1. The summed E-state index contributed by atoms with van der Waals surface area (Å²) in [5.74, 6) is 0. The third-order valence-corrected chi connectivity index (χ3v) is 5.12. The van der Waals surface area contributed by atoms with Gasteiger partial charge in [0.15, 0.2) is 9.84 Å². The number of nitrogens with two attached hydrogens (primary N) is 1. The second-order valence-electron chi connectivity index (χ2n) is 4.39. The minimum Gasteiger partial charge on any atom is -0.397 e. The molecule has 2 N–H and O–H groups in total. The van der Waals surface area contributed by atoms with Gasteiger partial charge in [-0.15, -0.1) is 0 Å². The average Bonchev–Trinajstić information content (AvgIpc) is 2.56. The van der Waals surface area contributed by atoms with Gasteiger partial charge in [0, 0.05) is 6.26 Å². The van der Waals surface area contributed by atoms with Crippen LogP contribution in [0.25, 0.3) is 5.69 Å². The number of hydrogen-bond donors (Lipinski definition) is 1. The standard InChI is InChI=1S/C12H14BrN3O2S/c1-7-12(13)8(2)16(15-7)11-5-4-9(6-10(11)14)19(3,17)18/h4-6H,14H2,1-3H3. The molecule has 2 aromatic rings. The first-order valence-corrected chi connectivity index (χ1v) is 8.22. The molecule has 0 aliphatic heterocycles. The highest BCUT2D eigenvalue weighted by molar-refractivity contribution is 9.10. The van der Waals surface area contributed by atoms with Crippen LogP contribution in [0, 0.1) is 13.8 Å². The Morgan fingerprint density at radius 2 is 1.95 bits per heavy atom. The Morgan fingerprint density at radius 1 is 1.32 bits per heavy atom. The lowest BCUT2D eigenvalue weighted by atomic mass is 10.2. The van der Waals surface area contributed by atoms with Gasteiger partial charge < -0.3 is 5.73 Å². The summed E-state index contributed by atoms with van der Waals surface area (Å²) in [5.41, 5.74) is 8.74. The van der Waals surface area contributed by atoms with Crippen LogP contribution in [0.4, 0.5) is 5.69 Å². The lowest BCUT2D eigenvalue weighted by Gasteiger charge is -2.09. The van der Waals surface area contributed by atoms with Crippen molar-refractivity contribution in [3.05, 3.63) is 34.1 Å². The predicted molar refractivity (Wildman–Crippen MR) is 78.3 cm³/mol. The van der Waals surface area contributed by atoms with Gasteiger partial charge in [-0.1, -0.05) is 0 Å². The van der Waals surface area contributed by atoms with Gasteiger partial charge in [0.2, 0.25) is 0 Å². The van der Waals surface area contributed by atoms with Crippen molar-refractivity contribution >= 4 is 31.5 Å². The maximum Gasteiger partial charge on any atom is 0.175 e. The molecule has 7 heteroatoms. The van der Waals surface area contributed by atoms with E-state index in [9.17, 15) is 8.42 Å². The summed E-state index contributed by atoms with van der Waals surface area (Å²) in [6.45, 7) is 3.79. The molecule has 1 heterocycles. The van der Waals surface area contributed by atoms with Crippen LogP contribution in [0.5, 0.6) is 0 Å². The Bertz CT molecular complexity index is 751. The predicted octanol–water partition coefficient (Wildman–Crippen LogP) is 2.24. The minimum absolute atomic E-state index is 0.203. The van der Waals surface area contributed by atoms with E-state index in [0.29, 0.717) is 11.4 Å². The monoisotopic (exact) mass is 343 g/mol. The molecule has 0 radical (unpaired) electrons. The van der Waals surface area contributed by atoms with Crippen LogP contribution in [0.15, 0.2) is 27.6 Å². The minimum atomic E-state index is -3.26. The first-order valence-electron chi connectivity index (χ1n) is 5.53. The van der Waals surface area contributed by atoms with Crippen molar-refractivity contribution in [1.29, 1.82) is 0 Å². The summed E-state index contributed by atoms with van der Waals surface area (Å²) in [6, 6.07) is 4.65. The normalized spacial score (nSPS) is 11.8. The smallest absolute Gasteiger partial charge is 0.175 e. The van der Waals surface area contributed by atoms with Crippen molar-refractivity contribution in [2.75, 3.05) is 12.0 Å². The van der Waals surface area contributed by atoms with E-state index in [1.54, 1.807) is 10.7 Å². The number of benzene rings is 1. The van der Waals surface area contributed by atoms with Crippen LogP contribution in [0.2, 0.25) is 0 Å². The Labute approximate surface area is 120 Å². The molecule has 102 valence electrons. The van der Waals surface area contributed by atoms with E-state index in [-0.39, 0.29) is 4.90 Å².